The molecule has 2 rings (SSSR count). The van der Waals surface area contributed by atoms with Gasteiger partial charge >= 0.3 is 0 Å². The van der Waals surface area contributed by atoms with Gasteiger partial charge in [-0.25, -0.2) is 4.39 Å². The Morgan fingerprint density at radius 3 is 2.62 bits per heavy atom. The molecular weight excluding hydrogens is 307 g/mol. The summed E-state index contributed by atoms with van der Waals surface area (Å²) in [5.41, 5.74) is 2.58. The lowest BCUT2D eigenvalue weighted by molar-refractivity contribution is -0.126. The van der Waals surface area contributed by atoms with E-state index in [0.717, 1.165) is 12.0 Å². The average Bonchev–Trinajstić information content (AvgIpc) is 2.60. The van der Waals surface area contributed by atoms with Crippen molar-refractivity contribution < 1.29 is 14.0 Å². The smallest absolute Gasteiger partial charge is 0.261 e. The number of hydrogen-bond acceptors (Lipinski definition) is 3. The van der Waals surface area contributed by atoms with E-state index in [0.29, 0.717) is 5.56 Å². The number of nitrogens with zero attached hydrogens (tertiary/aromatic N) is 1. The van der Waals surface area contributed by atoms with Crippen LogP contribution in [0.15, 0.2) is 53.7 Å². The summed E-state index contributed by atoms with van der Waals surface area (Å²) in [7, 11) is 0. The van der Waals surface area contributed by atoms with Crippen LogP contribution in [0.2, 0.25) is 0 Å². The highest BCUT2D eigenvalue weighted by Crippen LogP contribution is 2.13. The second-order valence-electron chi connectivity index (χ2n) is 5.41. The molecule has 2 aromatic rings. The van der Waals surface area contributed by atoms with Crippen LogP contribution < -0.4 is 5.32 Å². The van der Waals surface area contributed by atoms with Gasteiger partial charge in [0.1, 0.15) is 5.82 Å². The fourth-order valence-corrected chi connectivity index (χ4v) is 2.18. The van der Waals surface area contributed by atoms with E-state index in [-0.39, 0.29) is 18.6 Å². The number of rotatable bonds is 7. The molecule has 0 saturated carbocycles. The standard InChI is InChI=1S/C19H21FN2O2/c1-3-15-8-10-16(11-9-15)14(2)22-19(23)13-24-21-12-17-6-4-5-7-18(17)20/h4-12,14H,3,13H2,1-2H3,(H,22,23)/b21-12-/t14-/m1/s1. The fraction of sp³-hybridized carbons (Fsp3) is 0.263. The summed E-state index contributed by atoms with van der Waals surface area (Å²) in [5.74, 6) is -0.675. The summed E-state index contributed by atoms with van der Waals surface area (Å²) in [6, 6.07) is 14.2. The number of halogens is 1. The summed E-state index contributed by atoms with van der Waals surface area (Å²) >= 11 is 0. The molecular formula is C19H21FN2O2. The highest BCUT2D eigenvalue weighted by atomic mass is 19.1. The maximum absolute atomic E-state index is 13.4. The Labute approximate surface area is 141 Å². The lowest BCUT2D eigenvalue weighted by Gasteiger charge is -2.14. The maximum Gasteiger partial charge on any atom is 0.261 e. The number of benzene rings is 2. The Kier molecular flexibility index (Phi) is 6.49. The Morgan fingerprint density at radius 1 is 1.25 bits per heavy atom. The van der Waals surface area contributed by atoms with Crippen LogP contribution >= 0.6 is 0 Å². The third-order valence-electron chi connectivity index (χ3n) is 3.63. The van der Waals surface area contributed by atoms with Crippen molar-refractivity contribution in [3.8, 4) is 0 Å². The summed E-state index contributed by atoms with van der Waals surface area (Å²) in [6.45, 7) is 3.78. The van der Waals surface area contributed by atoms with Gasteiger partial charge in [-0.05, 0) is 30.5 Å². The molecule has 0 aliphatic carbocycles. The van der Waals surface area contributed by atoms with E-state index < -0.39 is 5.82 Å². The largest absolute Gasteiger partial charge is 0.386 e. The van der Waals surface area contributed by atoms with Gasteiger partial charge in [-0.3, -0.25) is 4.79 Å². The molecule has 0 bridgehead atoms. The Morgan fingerprint density at radius 2 is 1.96 bits per heavy atom. The van der Waals surface area contributed by atoms with Gasteiger partial charge in [-0.1, -0.05) is 54.5 Å². The zero-order valence-electron chi connectivity index (χ0n) is 13.8. The lowest BCUT2D eigenvalue weighted by Crippen LogP contribution is -2.29. The van der Waals surface area contributed by atoms with E-state index >= 15 is 0 Å². The highest BCUT2D eigenvalue weighted by molar-refractivity contribution is 5.80. The molecule has 0 saturated heterocycles. The first kappa shape index (κ1) is 17.7. The molecule has 1 amide bonds. The van der Waals surface area contributed by atoms with Crippen molar-refractivity contribution in [2.45, 2.75) is 26.3 Å². The monoisotopic (exact) mass is 328 g/mol. The molecule has 1 atom stereocenters. The predicted octanol–water partition coefficient (Wildman–Crippen LogP) is 3.62. The number of carbonyl (C=O) groups is 1. The number of carbonyl (C=O) groups excluding carboxylic acids is 1. The Bertz CT molecular complexity index is 699. The third-order valence-corrected chi connectivity index (χ3v) is 3.63. The van der Waals surface area contributed by atoms with Crippen LogP contribution in [0.4, 0.5) is 4.39 Å². The minimum atomic E-state index is -0.390. The lowest BCUT2D eigenvalue weighted by atomic mass is 10.1. The summed E-state index contributed by atoms with van der Waals surface area (Å²) in [5, 5.41) is 6.45. The molecule has 0 aromatic heterocycles. The quantitative estimate of drug-likeness (QED) is 0.623. The van der Waals surface area contributed by atoms with Crippen molar-refractivity contribution in [2.24, 2.45) is 5.16 Å². The number of nitrogens with one attached hydrogen (secondary N) is 1. The van der Waals surface area contributed by atoms with E-state index in [1.165, 1.54) is 17.8 Å². The van der Waals surface area contributed by atoms with E-state index in [2.05, 4.69) is 17.4 Å². The average molecular weight is 328 g/mol. The molecule has 126 valence electrons. The molecule has 4 nitrogen and oxygen atoms in total. The van der Waals surface area contributed by atoms with E-state index in [9.17, 15) is 9.18 Å². The second kappa shape index (κ2) is 8.82. The van der Waals surface area contributed by atoms with Crippen LogP contribution in [-0.4, -0.2) is 18.7 Å². The number of aryl methyl sites for hydroxylation is 1. The highest BCUT2D eigenvalue weighted by Gasteiger charge is 2.09. The van der Waals surface area contributed by atoms with Crippen LogP contribution in [0.25, 0.3) is 0 Å². The molecule has 0 unspecified atom stereocenters. The molecule has 0 spiro atoms. The molecule has 0 radical (unpaired) electrons. The van der Waals surface area contributed by atoms with Crippen LogP contribution in [0.3, 0.4) is 0 Å². The van der Waals surface area contributed by atoms with Crippen LogP contribution in [-0.2, 0) is 16.1 Å². The summed E-state index contributed by atoms with van der Waals surface area (Å²) in [4.78, 5) is 16.8. The number of oxime groups is 1. The van der Waals surface area contributed by atoms with Crippen LogP contribution in [0, 0.1) is 5.82 Å². The van der Waals surface area contributed by atoms with Crippen molar-refractivity contribution in [3.05, 3.63) is 71.0 Å². The third kappa shape index (κ3) is 5.19. The molecule has 2 aromatic carbocycles. The molecule has 0 aliphatic rings. The van der Waals surface area contributed by atoms with Gasteiger partial charge in [0.25, 0.3) is 5.91 Å². The first-order valence-corrected chi connectivity index (χ1v) is 7.88. The van der Waals surface area contributed by atoms with Gasteiger partial charge in [0.05, 0.1) is 12.3 Å². The van der Waals surface area contributed by atoms with Crippen molar-refractivity contribution >= 4 is 12.1 Å². The van der Waals surface area contributed by atoms with Gasteiger partial charge in [0.15, 0.2) is 6.61 Å². The van der Waals surface area contributed by atoms with Crippen LogP contribution in [0.1, 0.15) is 36.6 Å². The van der Waals surface area contributed by atoms with Crippen molar-refractivity contribution in [1.82, 2.24) is 5.32 Å². The Hall–Kier alpha value is -2.69. The van der Waals surface area contributed by atoms with E-state index in [1.54, 1.807) is 18.2 Å². The van der Waals surface area contributed by atoms with Gasteiger partial charge < -0.3 is 10.2 Å². The first-order chi connectivity index (χ1) is 11.6. The molecule has 24 heavy (non-hydrogen) atoms. The van der Waals surface area contributed by atoms with E-state index in [1.807, 2.05) is 31.2 Å². The number of amides is 1. The van der Waals surface area contributed by atoms with Crippen molar-refractivity contribution in [2.75, 3.05) is 6.61 Å². The second-order valence-corrected chi connectivity index (χ2v) is 5.41. The van der Waals surface area contributed by atoms with Crippen molar-refractivity contribution in [1.29, 1.82) is 0 Å². The van der Waals surface area contributed by atoms with Gasteiger partial charge in [0, 0.05) is 5.56 Å². The maximum atomic E-state index is 13.4. The summed E-state index contributed by atoms with van der Waals surface area (Å²) in [6.07, 6.45) is 2.23. The van der Waals surface area contributed by atoms with Crippen molar-refractivity contribution in [3.63, 3.8) is 0 Å². The number of hydrogen-bond donors (Lipinski definition) is 1. The molecule has 0 heterocycles. The van der Waals surface area contributed by atoms with Gasteiger partial charge in [-0.15, -0.1) is 0 Å². The SMILES string of the molecule is CCc1ccc([C@@H](C)NC(=O)CO/N=C\c2ccccc2F)cc1. The molecule has 0 fully saturated rings. The Balaban J connectivity index is 1.79. The molecule has 0 aliphatic heterocycles. The zero-order chi connectivity index (χ0) is 17.4. The van der Waals surface area contributed by atoms with Gasteiger partial charge in [0.2, 0.25) is 0 Å². The molecule has 5 heteroatoms. The first-order valence-electron chi connectivity index (χ1n) is 7.88. The minimum absolute atomic E-state index is 0.123. The summed E-state index contributed by atoms with van der Waals surface area (Å²) < 4.78 is 13.4. The topological polar surface area (TPSA) is 50.7 Å². The van der Waals surface area contributed by atoms with Crippen LogP contribution in [0.5, 0.6) is 0 Å². The molecule has 1 N–H and O–H groups in total. The fourth-order valence-electron chi connectivity index (χ4n) is 2.18. The minimum Gasteiger partial charge on any atom is -0.386 e. The van der Waals surface area contributed by atoms with Gasteiger partial charge in [-0.2, -0.15) is 0 Å². The van der Waals surface area contributed by atoms with E-state index in [4.69, 9.17) is 4.84 Å². The zero-order valence-corrected chi connectivity index (χ0v) is 13.8. The normalized spacial score (nSPS) is 12.1. The predicted molar refractivity (Wildman–Crippen MR) is 92.3 cm³/mol.